The molecule has 2 heteroatoms. The lowest BCUT2D eigenvalue weighted by molar-refractivity contribution is 0.103. The number of carbonyl (C=O) groups excluding carboxylic acids is 1. The molecule has 0 N–H and O–H groups in total. The van der Waals surface area contributed by atoms with E-state index < -0.39 is 0 Å². The molecule has 2 nitrogen and oxygen atoms in total. The third-order valence-electron chi connectivity index (χ3n) is 5.20. The van der Waals surface area contributed by atoms with Gasteiger partial charge in [-0.3, -0.25) is 4.79 Å². The van der Waals surface area contributed by atoms with Crippen LogP contribution in [-0.4, -0.2) is 19.9 Å². The number of Topliss-reactive ketones (excluding diaryl/α,β-unsaturated/α-hetero) is 1. The molecule has 0 fully saturated rings. The van der Waals surface area contributed by atoms with Crippen molar-refractivity contribution in [1.82, 2.24) is 0 Å². The second-order valence-electron chi connectivity index (χ2n) is 7.23. The monoisotopic (exact) mass is 365 g/mol. The highest BCUT2D eigenvalue weighted by Gasteiger charge is 2.34. The van der Waals surface area contributed by atoms with Crippen molar-refractivity contribution in [2.24, 2.45) is 0 Å². The summed E-state index contributed by atoms with van der Waals surface area (Å²) >= 11 is 0. The molecule has 138 valence electrons. The van der Waals surface area contributed by atoms with E-state index in [0.29, 0.717) is 0 Å². The normalized spacial score (nSPS) is 17.3. The molecule has 0 spiro atoms. The number of anilines is 1. The van der Waals surface area contributed by atoms with Crippen molar-refractivity contribution in [3.63, 3.8) is 0 Å². The zero-order valence-electron chi connectivity index (χ0n) is 16.2. The number of ketones is 1. The molecule has 0 aliphatic heterocycles. The first-order valence-corrected chi connectivity index (χ1v) is 9.49. The van der Waals surface area contributed by atoms with Gasteiger partial charge in [-0.25, -0.2) is 0 Å². The van der Waals surface area contributed by atoms with Gasteiger partial charge in [0.05, 0.1) is 0 Å². The van der Waals surface area contributed by atoms with Crippen molar-refractivity contribution in [3.05, 3.63) is 119 Å². The highest BCUT2D eigenvalue weighted by atomic mass is 16.1. The Hall–Kier alpha value is -3.39. The number of fused-ring (bicyclic) bond motifs is 1. The Morgan fingerprint density at radius 3 is 2.21 bits per heavy atom. The lowest BCUT2D eigenvalue weighted by Gasteiger charge is -2.13. The highest BCUT2D eigenvalue weighted by molar-refractivity contribution is 6.15. The minimum atomic E-state index is -0.00864. The largest absolute Gasteiger partial charge is 0.378 e. The van der Waals surface area contributed by atoms with Crippen LogP contribution in [0.3, 0.4) is 0 Å². The van der Waals surface area contributed by atoms with Gasteiger partial charge < -0.3 is 4.90 Å². The number of hydrogen-bond acceptors (Lipinski definition) is 2. The van der Waals surface area contributed by atoms with E-state index >= 15 is 0 Å². The molecule has 0 heterocycles. The van der Waals surface area contributed by atoms with E-state index in [1.54, 1.807) is 0 Å². The summed E-state index contributed by atoms with van der Waals surface area (Å²) in [4.78, 5) is 15.1. The molecule has 0 unspecified atom stereocenters. The van der Waals surface area contributed by atoms with Crippen LogP contribution in [0.4, 0.5) is 5.69 Å². The van der Waals surface area contributed by atoms with E-state index in [0.717, 1.165) is 27.8 Å². The molecule has 3 aromatic rings. The maximum Gasteiger partial charge on any atom is 0.190 e. The van der Waals surface area contributed by atoms with Crippen molar-refractivity contribution in [3.8, 4) is 0 Å². The third-order valence-corrected chi connectivity index (χ3v) is 5.20. The molecule has 3 aromatic carbocycles. The predicted molar refractivity (Wildman–Crippen MR) is 117 cm³/mol. The Morgan fingerprint density at radius 1 is 0.821 bits per heavy atom. The van der Waals surface area contributed by atoms with Gasteiger partial charge in [-0.05, 0) is 28.8 Å². The van der Waals surface area contributed by atoms with Crippen LogP contribution in [0.15, 0.2) is 96.6 Å². The summed E-state index contributed by atoms with van der Waals surface area (Å²) in [5.74, 6) is 0.114. The lowest BCUT2D eigenvalue weighted by Crippen LogP contribution is -2.07. The summed E-state index contributed by atoms with van der Waals surface area (Å²) in [5, 5.41) is 0. The fraction of sp³-hybridized carbons (Fsp3) is 0.115. The van der Waals surface area contributed by atoms with Gasteiger partial charge in [-0.15, -0.1) is 0 Å². The van der Waals surface area contributed by atoms with Gasteiger partial charge in [0.2, 0.25) is 0 Å². The van der Waals surface area contributed by atoms with Crippen LogP contribution in [-0.2, 0) is 0 Å². The maximum absolute atomic E-state index is 13.0. The Morgan fingerprint density at radius 2 is 1.50 bits per heavy atom. The third kappa shape index (κ3) is 3.41. The lowest BCUT2D eigenvalue weighted by atomic mass is 9.89. The van der Waals surface area contributed by atoms with E-state index in [-0.39, 0.29) is 11.7 Å². The van der Waals surface area contributed by atoms with Gasteiger partial charge in [0.25, 0.3) is 0 Å². The number of carbonyl (C=O) groups is 1. The summed E-state index contributed by atoms with van der Waals surface area (Å²) in [5.41, 5.74) is 6.16. The number of allylic oxidation sites excluding steroid dienone is 3. The minimum absolute atomic E-state index is 0.00864. The second-order valence-corrected chi connectivity index (χ2v) is 7.23. The molecular formula is C26H23NO. The van der Waals surface area contributed by atoms with E-state index in [9.17, 15) is 4.79 Å². The number of nitrogens with zero attached hydrogens (tertiary/aromatic N) is 1. The van der Waals surface area contributed by atoms with Crippen molar-refractivity contribution < 1.29 is 4.79 Å². The fourth-order valence-corrected chi connectivity index (χ4v) is 3.73. The van der Waals surface area contributed by atoms with Crippen LogP contribution in [0, 0.1) is 0 Å². The van der Waals surface area contributed by atoms with Crippen molar-refractivity contribution in [2.45, 2.75) is 5.92 Å². The average molecular weight is 365 g/mol. The summed E-state index contributed by atoms with van der Waals surface area (Å²) in [6, 6.07) is 26.5. The first-order valence-electron chi connectivity index (χ1n) is 9.49. The molecule has 0 saturated heterocycles. The van der Waals surface area contributed by atoms with Crippen molar-refractivity contribution >= 4 is 17.5 Å². The van der Waals surface area contributed by atoms with Crippen LogP contribution in [0.5, 0.6) is 0 Å². The molecule has 0 amide bonds. The van der Waals surface area contributed by atoms with E-state index in [1.807, 2.05) is 68.7 Å². The van der Waals surface area contributed by atoms with Crippen molar-refractivity contribution in [1.29, 1.82) is 0 Å². The van der Waals surface area contributed by atoms with Crippen LogP contribution in [0.2, 0.25) is 0 Å². The zero-order valence-corrected chi connectivity index (χ0v) is 16.2. The molecule has 0 radical (unpaired) electrons. The summed E-state index contributed by atoms with van der Waals surface area (Å²) < 4.78 is 0. The van der Waals surface area contributed by atoms with Crippen LogP contribution in [0.1, 0.15) is 33.0 Å². The topological polar surface area (TPSA) is 20.3 Å². The molecule has 0 aromatic heterocycles. The maximum atomic E-state index is 13.0. The van der Waals surface area contributed by atoms with Gasteiger partial charge in [0.15, 0.2) is 5.78 Å². The Bertz CT molecular complexity index is 1040. The van der Waals surface area contributed by atoms with Crippen LogP contribution in [0.25, 0.3) is 6.08 Å². The molecule has 1 aliphatic carbocycles. The smallest absolute Gasteiger partial charge is 0.190 e. The van der Waals surface area contributed by atoms with Gasteiger partial charge in [0.1, 0.15) is 0 Å². The molecule has 28 heavy (non-hydrogen) atoms. The molecule has 0 saturated carbocycles. The molecule has 0 bridgehead atoms. The van der Waals surface area contributed by atoms with Crippen molar-refractivity contribution in [2.75, 3.05) is 19.0 Å². The average Bonchev–Trinajstić information content (AvgIpc) is 3.01. The first-order chi connectivity index (χ1) is 13.6. The Labute approximate surface area is 166 Å². The van der Waals surface area contributed by atoms with Gasteiger partial charge in [-0.1, -0.05) is 85.0 Å². The predicted octanol–water partition coefficient (Wildman–Crippen LogP) is 5.72. The summed E-state index contributed by atoms with van der Waals surface area (Å²) in [6.07, 6.45) is 6.00. The van der Waals surface area contributed by atoms with Crippen LogP contribution >= 0.6 is 0 Å². The Kier molecular flexibility index (Phi) is 4.94. The van der Waals surface area contributed by atoms with E-state index in [4.69, 9.17) is 0 Å². The highest BCUT2D eigenvalue weighted by Crippen LogP contribution is 2.41. The quantitative estimate of drug-likeness (QED) is 0.551. The summed E-state index contributed by atoms with van der Waals surface area (Å²) in [6.45, 7) is 0. The van der Waals surface area contributed by atoms with E-state index in [2.05, 4.69) is 47.4 Å². The summed E-state index contributed by atoms with van der Waals surface area (Å²) in [7, 11) is 4.06. The number of rotatable bonds is 4. The van der Waals surface area contributed by atoms with E-state index in [1.165, 1.54) is 5.69 Å². The molecule has 4 rings (SSSR count). The molecule has 1 atom stereocenters. The van der Waals surface area contributed by atoms with Gasteiger partial charge in [-0.2, -0.15) is 0 Å². The fourth-order valence-electron chi connectivity index (χ4n) is 3.73. The number of benzene rings is 3. The molecular weight excluding hydrogens is 342 g/mol. The first kappa shape index (κ1) is 18.0. The van der Waals surface area contributed by atoms with Gasteiger partial charge >= 0.3 is 0 Å². The zero-order chi connectivity index (χ0) is 19.5. The SMILES string of the molecule is CN(C)c1ccc(/C=C/C=C2\C(=O)c3ccccc3[C@@H]2c2ccccc2)cc1. The van der Waals surface area contributed by atoms with Gasteiger partial charge in [0, 0.05) is 36.8 Å². The van der Waals surface area contributed by atoms with Crippen LogP contribution < -0.4 is 4.90 Å². The number of hydrogen-bond donors (Lipinski definition) is 0. The minimum Gasteiger partial charge on any atom is -0.378 e. The second kappa shape index (κ2) is 7.69. The standard InChI is InChI=1S/C26H23NO/c1-27(2)21-17-15-19(16-18-21)9-8-14-24-25(20-10-4-3-5-11-20)22-12-6-7-13-23(22)26(24)28/h3-18,25H,1-2H3/b9-8+,24-14-/t25-/m0/s1. The molecule has 1 aliphatic rings. The Balaban J connectivity index is 1.68.